The van der Waals surface area contributed by atoms with E-state index in [1.165, 1.54) is 12.8 Å². The maximum absolute atomic E-state index is 12.7. The average Bonchev–Trinajstić information content (AvgIpc) is 3.17. The number of carbonyl (C=O) groups is 1. The molecule has 2 saturated heterocycles. The number of likely N-dealkylation sites (tertiary alicyclic amines) is 2. The lowest BCUT2D eigenvalue weighted by atomic mass is 9.92. The van der Waals surface area contributed by atoms with Crippen molar-refractivity contribution < 1.29 is 9.90 Å². The Morgan fingerprint density at radius 2 is 2.09 bits per heavy atom. The summed E-state index contributed by atoms with van der Waals surface area (Å²) in [5.41, 5.74) is -0.237. The Hall–Kier alpha value is -0.980. The molecule has 2 aliphatic rings. The first-order valence-corrected chi connectivity index (χ1v) is 9.54. The minimum atomic E-state index is -0.769. The third-order valence-corrected chi connectivity index (χ3v) is 5.94. The third-order valence-electron chi connectivity index (χ3n) is 4.79. The first-order chi connectivity index (χ1) is 11.0. The SMILES string of the molecule is CC(C)c1nc(C(=O)N2CCCC(O)(CN3CCCC3)C2)cs1. The molecule has 1 aromatic heterocycles. The van der Waals surface area contributed by atoms with Gasteiger partial charge in [-0.15, -0.1) is 11.3 Å². The molecule has 6 heteroatoms. The molecule has 2 aliphatic heterocycles. The first kappa shape index (κ1) is 16.9. The summed E-state index contributed by atoms with van der Waals surface area (Å²) in [6.45, 7) is 8.14. The Labute approximate surface area is 142 Å². The van der Waals surface area contributed by atoms with Crippen LogP contribution in [0.25, 0.3) is 0 Å². The van der Waals surface area contributed by atoms with E-state index in [0.717, 1.165) is 37.5 Å². The Kier molecular flexibility index (Phi) is 5.04. The van der Waals surface area contributed by atoms with Crippen LogP contribution in [0.2, 0.25) is 0 Å². The quantitative estimate of drug-likeness (QED) is 0.916. The van der Waals surface area contributed by atoms with Gasteiger partial charge < -0.3 is 14.9 Å². The first-order valence-electron chi connectivity index (χ1n) is 8.66. The molecule has 1 atom stereocenters. The molecule has 3 rings (SSSR count). The Balaban J connectivity index is 1.65. The summed E-state index contributed by atoms with van der Waals surface area (Å²) in [5.74, 6) is 0.308. The highest BCUT2D eigenvalue weighted by molar-refractivity contribution is 7.09. The van der Waals surface area contributed by atoms with Gasteiger partial charge in [-0.05, 0) is 38.8 Å². The summed E-state index contributed by atoms with van der Waals surface area (Å²) < 4.78 is 0. The second-order valence-corrected chi connectivity index (χ2v) is 8.15. The molecule has 2 fully saturated rings. The van der Waals surface area contributed by atoms with Crippen LogP contribution in [-0.2, 0) is 0 Å². The number of aromatic nitrogens is 1. The van der Waals surface area contributed by atoms with Crippen molar-refractivity contribution in [1.29, 1.82) is 0 Å². The molecule has 128 valence electrons. The molecule has 0 saturated carbocycles. The fourth-order valence-electron chi connectivity index (χ4n) is 3.58. The predicted molar refractivity (Wildman–Crippen MR) is 92.0 cm³/mol. The highest BCUT2D eigenvalue weighted by Gasteiger charge is 2.37. The molecule has 5 nitrogen and oxygen atoms in total. The predicted octanol–water partition coefficient (Wildman–Crippen LogP) is 2.33. The Morgan fingerprint density at radius 1 is 1.35 bits per heavy atom. The van der Waals surface area contributed by atoms with Gasteiger partial charge in [0.05, 0.1) is 17.2 Å². The number of rotatable bonds is 4. The summed E-state index contributed by atoms with van der Waals surface area (Å²) in [6, 6.07) is 0. The summed E-state index contributed by atoms with van der Waals surface area (Å²) in [5, 5.41) is 13.8. The number of β-amino-alcohol motifs (C(OH)–C–C–N with tert-alkyl or cyclic N) is 1. The van der Waals surface area contributed by atoms with Crippen molar-refractivity contribution in [2.45, 2.75) is 51.0 Å². The van der Waals surface area contributed by atoms with E-state index in [9.17, 15) is 9.90 Å². The number of hydrogen-bond donors (Lipinski definition) is 1. The molecule has 0 aliphatic carbocycles. The lowest BCUT2D eigenvalue weighted by molar-refractivity contribution is -0.0432. The summed E-state index contributed by atoms with van der Waals surface area (Å²) in [7, 11) is 0. The normalized spacial score (nSPS) is 26.2. The van der Waals surface area contributed by atoms with Crippen LogP contribution in [0.5, 0.6) is 0 Å². The molecule has 0 spiro atoms. The number of amides is 1. The van der Waals surface area contributed by atoms with E-state index in [1.807, 2.05) is 5.38 Å². The molecule has 0 radical (unpaired) electrons. The van der Waals surface area contributed by atoms with Crippen molar-refractivity contribution >= 4 is 17.2 Å². The van der Waals surface area contributed by atoms with Gasteiger partial charge in [-0.2, -0.15) is 0 Å². The molecule has 0 bridgehead atoms. The van der Waals surface area contributed by atoms with Crippen LogP contribution in [0.3, 0.4) is 0 Å². The van der Waals surface area contributed by atoms with Crippen LogP contribution in [0.1, 0.15) is 60.9 Å². The Morgan fingerprint density at radius 3 is 2.74 bits per heavy atom. The van der Waals surface area contributed by atoms with Gasteiger partial charge in [-0.1, -0.05) is 13.8 Å². The number of nitrogens with zero attached hydrogens (tertiary/aromatic N) is 3. The molecule has 1 amide bonds. The number of piperidine rings is 1. The molecule has 1 N–H and O–H groups in total. The topological polar surface area (TPSA) is 56.7 Å². The van der Waals surface area contributed by atoms with Gasteiger partial charge in [0, 0.05) is 24.4 Å². The maximum atomic E-state index is 12.7. The van der Waals surface area contributed by atoms with Crippen LogP contribution < -0.4 is 0 Å². The van der Waals surface area contributed by atoms with Crippen molar-refractivity contribution in [1.82, 2.24) is 14.8 Å². The van der Waals surface area contributed by atoms with E-state index in [2.05, 4.69) is 23.7 Å². The van der Waals surface area contributed by atoms with E-state index < -0.39 is 5.60 Å². The zero-order chi connectivity index (χ0) is 16.4. The molecule has 0 aromatic carbocycles. The van der Waals surface area contributed by atoms with Crippen molar-refractivity contribution in [2.24, 2.45) is 0 Å². The van der Waals surface area contributed by atoms with Gasteiger partial charge in [0.25, 0.3) is 5.91 Å². The Bertz CT molecular complexity index is 554. The van der Waals surface area contributed by atoms with E-state index in [-0.39, 0.29) is 5.91 Å². The van der Waals surface area contributed by atoms with Crippen LogP contribution in [0, 0.1) is 0 Å². The number of hydrogen-bond acceptors (Lipinski definition) is 5. The van der Waals surface area contributed by atoms with E-state index in [4.69, 9.17) is 0 Å². The summed E-state index contributed by atoms with van der Waals surface area (Å²) in [4.78, 5) is 21.3. The highest BCUT2D eigenvalue weighted by Crippen LogP contribution is 2.26. The average molecular weight is 337 g/mol. The standard InChI is InChI=1S/C17H27N3O2S/c1-13(2)15-18-14(10-23-15)16(21)20-9-5-6-17(22,12-20)11-19-7-3-4-8-19/h10,13,22H,3-9,11-12H2,1-2H3. The van der Waals surface area contributed by atoms with Crippen LogP contribution in [-0.4, -0.2) is 64.1 Å². The molecule has 23 heavy (non-hydrogen) atoms. The molecule has 3 heterocycles. The molecule has 1 unspecified atom stereocenters. The number of carbonyl (C=O) groups excluding carboxylic acids is 1. The number of thiazole rings is 1. The fourth-order valence-corrected chi connectivity index (χ4v) is 4.39. The second-order valence-electron chi connectivity index (χ2n) is 7.26. The van der Waals surface area contributed by atoms with Gasteiger partial charge in [0.1, 0.15) is 5.69 Å². The minimum Gasteiger partial charge on any atom is -0.387 e. The zero-order valence-electron chi connectivity index (χ0n) is 14.1. The molecular formula is C17H27N3O2S. The smallest absolute Gasteiger partial charge is 0.273 e. The van der Waals surface area contributed by atoms with E-state index in [0.29, 0.717) is 24.7 Å². The number of aliphatic hydroxyl groups is 1. The highest BCUT2D eigenvalue weighted by atomic mass is 32.1. The molecular weight excluding hydrogens is 310 g/mol. The van der Waals surface area contributed by atoms with Crippen molar-refractivity contribution in [3.63, 3.8) is 0 Å². The maximum Gasteiger partial charge on any atom is 0.273 e. The lowest BCUT2D eigenvalue weighted by Gasteiger charge is -2.41. The molecule has 1 aromatic rings. The van der Waals surface area contributed by atoms with Gasteiger partial charge in [-0.3, -0.25) is 4.79 Å². The van der Waals surface area contributed by atoms with Crippen LogP contribution in [0.4, 0.5) is 0 Å². The summed E-state index contributed by atoms with van der Waals surface area (Å²) >= 11 is 1.55. The van der Waals surface area contributed by atoms with Gasteiger partial charge in [0.2, 0.25) is 0 Å². The minimum absolute atomic E-state index is 0.0345. The van der Waals surface area contributed by atoms with Crippen LogP contribution >= 0.6 is 11.3 Å². The van der Waals surface area contributed by atoms with Crippen molar-refractivity contribution in [2.75, 3.05) is 32.7 Å². The largest absolute Gasteiger partial charge is 0.387 e. The lowest BCUT2D eigenvalue weighted by Crippen LogP contribution is -2.55. The third kappa shape index (κ3) is 3.92. The van der Waals surface area contributed by atoms with Gasteiger partial charge in [-0.25, -0.2) is 4.98 Å². The van der Waals surface area contributed by atoms with Gasteiger partial charge >= 0.3 is 0 Å². The van der Waals surface area contributed by atoms with Gasteiger partial charge in [0.15, 0.2) is 0 Å². The summed E-state index contributed by atoms with van der Waals surface area (Å²) in [6.07, 6.45) is 4.07. The van der Waals surface area contributed by atoms with Crippen molar-refractivity contribution in [3.8, 4) is 0 Å². The fraction of sp³-hybridized carbons (Fsp3) is 0.765. The van der Waals surface area contributed by atoms with E-state index >= 15 is 0 Å². The van der Waals surface area contributed by atoms with Crippen molar-refractivity contribution in [3.05, 3.63) is 16.1 Å². The zero-order valence-corrected chi connectivity index (χ0v) is 14.9. The van der Waals surface area contributed by atoms with Crippen LogP contribution in [0.15, 0.2) is 5.38 Å². The second kappa shape index (κ2) is 6.87. The van der Waals surface area contributed by atoms with E-state index in [1.54, 1.807) is 16.2 Å². The monoisotopic (exact) mass is 337 g/mol.